The normalized spacial score (nSPS) is 22.4. The second-order valence-corrected chi connectivity index (χ2v) is 8.05. The monoisotopic (exact) mass is 315 g/mol. The molecule has 1 saturated heterocycles. The van der Waals surface area contributed by atoms with Crippen LogP contribution in [0.1, 0.15) is 42.8 Å². The third kappa shape index (κ3) is 3.64. The lowest BCUT2D eigenvalue weighted by Crippen LogP contribution is -2.40. The summed E-state index contributed by atoms with van der Waals surface area (Å²) in [6.45, 7) is 7.47. The van der Waals surface area contributed by atoms with Crippen LogP contribution in [0.4, 0.5) is 0 Å². The standard InChI is InChI=1S/C14H25N3O3S/c1-10-14(12(3)18)11(2)17(15-10)9-13-6-5-7-16(8-13)21(4,19)20/h12-13,18H,5-9H2,1-4H3. The molecule has 21 heavy (non-hydrogen) atoms. The molecule has 1 aliphatic heterocycles. The molecule has 0 radical (unpaired) electrons. The minimum absolute atomic E-state index is 0.272. The molecule has 0 aliphatic carbocycles. The van der Waals surface area contributed by atoms with Gasteiger partial charge in [-0.05, 0) is 39.5 Å². The molecule has 2 atom stereocenters. The highest BCUT2D eigenvalue weighted by Crippen LogP contribution is 2.24. The third-order valence-corrected chi connectivity index (χ3v) is 5.51. The Kier molecular flexibility index (Phi) is 4.75. The minimum Gasteiger partial charge on any atom is -0.389 e. The number of rotatable bonds is 4. The zero-order chi connectivity index (χ0) is 15.8. The molecule has 120 valence electrons. The molecule has 1 aromatic rings. The number of piperidine rings is 1. The first-order valence-corrected chi connectivity index (χ1v) is 9.22. The molecular weight excluding hydrogens is 290 g/mol. The summed E-state index contributed by atoms with van der Waals surface area (Å²) < 4.78 is 26.8. The summed E-state index contributed by atoms with van der Waals surface area (Å²) in [5.41, 5.74) is 2.70. The molecule has 1 fully saturated rings. The van der Waals surface area contributed by atoms with E-state index in [4.69, 9.17) is 0 Å². The van der Waals surface area contributed by atoms with Gasteiger partial charge in [0.1, 0.15) is 0 Å². The van der Waals surface area contributed by atoms with E-state index in [2.05, 4.69) is 5.10 Å². The molecule has 0 spiro atoms. The Morgan fingerprint density at radius 3 is 2.62 bits per heavy atom. The topological polar surface area (TPSA) is 75.4 Å². The number of hydrogen-bond acceptors (Lipinski definition) is 4. The minimum atomic E-state index is -3.11. The maximum Gasteiger partial charge on any atom is 0.211 e. The van der Waals surface area contributed by atoms with E-state index < -0.39 is 16.1 Å². The fourth-order valence-corrected chi connectivity index (χ4v) is 4.16. The fourth-order valence-electron chi connectivity index (χ4n) is 3.21. The zero-order valence-electron chi connectivity index (χ0n) is 13.2. The van der Waals surface area contributed by atoms with E-state index >= 15 is 0 Å². The van der Waals surface area contributed by atoms with Crippen molar-refractivity contribution < 1.29 is 13.5 Å². The van der Waals surface area contributed by atoms with Gasteiger partial charge in [-0.3, -0.25) is 4.68 Å². The van der Waals surface area contributed by atoms with Gasteiger partial charge in [-0.2, -0.15) is 5.10 Å². The van der Waals surface area contributed by atoms with Gasteiger partial charge in [0.05, 0.1) is 18.1 Å². The Morgan fingerprint density at radius 2 is 2.10 bits per heavy atom. The first-order chi connectivity index (χ1) is 9.70. The lowest BCUT2D eigenvalue weighted by atomic mass is 9.99. The fraction of sp³-hybridized carbons (Fsp3) is 0.786. The van der Waals surface area contributed by atoms with Crippen molar-refractivity contribution in [2.75, 3.05) is 19.3 Å². The Morgan fingerprint density at radius 1 is 1.43 bits per heavy atom. The summed E-state index contributed by atoms with van der Waals surface area (Å²) in [5, 5.41) is 14.3. The predicted molar refractivity (Wildman–Crippen MR) is 81.5 cm³/mol. The van der Waals surface area contributed by atoms with Crippen molar-refractivity contribution in [3.8, 4) is 0 Å². The molecule has 0 amide bonds. The van der Waals surface area contributed by atoms with Gasteiger partial charge in [0, 0.05) is 30.9 Å². The van der Waals surface area contributed by atoms with Crippen molar-refractivity contribution in [3.63, 3.8) is 0 Å². The number of hydrogen-bond donors (Lipinski definition) is 1. The molecular formula is C14H25N3O3S. The van der Waals surface area contributed by atoms with Crippen LogP contribution in [0.5, 0.6) is 0 Å². The second-order valence-electron chi connectivity index (χ2n) is 6.07. The maximum absolute atomic E-state index is 11.7. The highest BCUT2D eigenvalue weighted by atomic mass is 32.2. The average Bonchev–Trinajstić information content (AvgIpc) is 2.63. The van der Waals surface area contributed by atoms with Crippen LogP contribution in [-0.4, -0.2) is 47.0 Å². The van der Waals surface area contributed by atoms with Crippen LogP contribution in [0.2, 0.25) is 0 Å². The van der Waals surface area contributed by atoms with Gasteiger partial charge in [0.15, 0.2) is 0 Å². The van der Waals surface area contributed by atoms with Crippen molar-refractivity contribution in [2.24, 2.45) is 5.92 Å². The van der Waals surface area contributed by atoms with E-state index in [9.17, 15) is 13.5 Å². The van der Waals surface area contributed by atoms with Crippen molar-refractivity contribution in [3.05, 3.63) is 17.0 Å². The van der Waals surface area contributed by atoms with Crippen LogP contribution in [0.15, 0.2) is 0 Å². The summed E-state index contributed by atoms with van der Waals surface area (Å²) in [4.78, 5) is 0. The lowest BCUT2D eigenvalue weighted by Gasteiger charge is -2.31. The summed E-state index contributed by atoms with van der Waals surface area (Å²) in [6, 6.07) is 0. The number of aryl methyl sites for hydroxylation is 1. The van der Waals surface area contributed by atoms with Gasteiger partial charge in [-0.1, -0.05) is 0 Å². The molecule has 7 heteroatoms. The highest BCUT2D eigenvalue weighted by molar-refractivity contribution is 7.88. The van der Waals surface area contributed by atoms with Crippen LogP contribution in [-0.2, 0) is 16.6 Å². The highest BCUT2D eigenvalue weighted by Gasteiger charge is 2.27. The van der Waals surface area contributed by atoms with E-state index in [1.54, 1.807) is 11.2 Å². The molecule has 0 saturated carbocycles. The first-order valence-electron chi connectivity index (χ1n) is 7.37. The van der Waals surface area contributed by atoms with Crippen molar-refractivity contribution in [1.82, 2.24) is 14.1 Å². The number of aromatic nitrogens is 2. The average molecular weight is 315 g/mol. The Balaban J connectivity index is 2.14. The van der Waals surface area contributed by atoms with Crippen molar-refractivity contribution in [2.45, 2.75) is 46.3 Å². The van der Waals surface area contributed by atoms with Gasteiger partial charge in [-0.25, -0.2) is 12.7 Å². The van der Waals surface area contributed by atoms with E-state index in [1.165, 1.54) is 6.26 Å². The van der Waals surface area contributed by atoms with Gasteiger partial charge in [-0.15, -0.1) is 0 Å². The second kappa shape index (κ2) is 6.06. The summed E-state index contributed by atoms with van der Waals surface area (Å²) in [6.07, 6.45) is 2.64. The number of aliphatic hydroxyl groups is 1. The Hall–Kier alpha value is -0.920. The smallest absolute Gasteiger partial charge is 0.211 e. The van der Waals surface area contributed by atoms with Crippen molar-refractivity contribution >= 4 is 10.0 Å². The largest absolute Gasteiger partial charge is 0.389 e. The Labute approximate surface area is 126 Å². The predicted octanol–water partition coefficient (Wildman–Crippen LogP) is 1.22. The Bertz CT molecular complexity index is 607. The van der Waals surface area contributed by atoms with E-state index in [1.807, 2.05) is 18.5 Å². The number of aliphatic hydroxyl groups excluding tert-OH is 1. The molecule has 0 aromatic carbocycles. The molecule has 2 heterocycles. The van der Waals surface area contributed by atoms with Gasteiger partial charge in [0.2, 0.25) is 10.0 Å². The molecule has 2 unspecified atom stereocenters. The van der Waals surface area contributed by atoms with Crippen LogP contribution in [0.25, 0.3) is 0 Å². The lowest BCUT2D eigenvalue weighted by molar-refractivity contribution is 0.197. The zero-order valence-corrected chi connectivity index (χ0v) is 14.0. The summed E-state index contributed by atoms with van der Waals surface area (Å²) in [5.74, 6) is 0.272. The van der Waals surface area contributed by atoms with E-state index in [0.29, 0.717) is 19.6 Å². The molecule has 1 aliphatic rings. The van der Waals surface area contributed by atoms with Gasteiger partial charge >= 0.3 is 0 Å². The SMILES string of the molecule is Cc1nn(CC2CCCN(S(C)(=O)=O)C2)c(C)c1C(C)O. The van der Waals surface area contributed by atoms with Crippen molar-refractivity contribution in [1.29, 1.82) is 0 Å². The molecule has 2 rings (SSSR count). The number of nitrogens with zero attached hydrogens (tertiary/aromatic N) is 3. The van der Waals surface area contributed by atoms with Crippen LogP contribution >= 0.6 is 0 Å². The first kappa shape index (κ1) is 16.5. The number of sulfonamides is 1. The third-order valence-electron chi connectivity index (χ3n) is 4.24. The van der Waals surface area contributed by atoms with Gasteiger partial charge in [0.25, 0.3) is 0 Å². The van der Waals surface area contributed by atoms with Crippen LogP contribution in [0.3, 0.4) is 0 Å². The quantitative estimate of drug-likeness (QED) is 0.906. The molecule has 1 aromatic heterocycles. The van der Waals surface area contributed by atoms with E-state index in [-0.39, 0.29) is 5.92 Å². The molecule has 1 N–H and O–H groups in total. The van der Waals surface area contributed by atoms with Crippen LogP contribution < -0.4 is 0 Å². The summed E-state index contributed by atoms with van der Waals surface area (Å²) >= 11 is 0. The summed E-state index contributed by atoms with van der Waals surface area (Å²) in [7, 11) is -3.11. The molecule has 6 nitrogen and oxygen atoms in total. The molecule has 0 bridgehead atoms. The van der Waals surface area contributed by atoms with Crippen LogP contribution in [0, 0.1) is 19.8 Å². The maximum atomic E-state index is 11.7. The van der Waals surface area contributed by atoms with Gasteiger partial charge < -0.3 is 5.11 Å². The van der Waals surface area contributed by atoms with E-state index in [0.717, 1.165) is 29.8 Å².